The molecule has 0 atom stereocenters. The van der Waals surface area contributed by atoms with Gasteiger partial charge in [-0.05, 0) is 33.8 Å². The summed E-state index contributed by atoms with van der Waals surface area (Å²) in [5.41, 5.74) is -0.141. The third kappa shape index (κ3) is 3.84. The van der Waals surface area contributed by atoms with Crippen LogP contribution in [-0.2, 0) is 4.74 Å². The standard InChI is InChI=1S/C13H18N2O3/c1-5-15-11(16)10-8-14-7-6-9(10)12(17)18-13(2,3)4/h6-8H,5H2,1-4H3,(H,15,16). The molecule has 0 unspecified atom stereocenters. The van der Waals surface area contributed by atoms with Crippen LogP contribution in [0.2, 0.25) is 0 Å². The molecule has 0 spiro atoms. The van der Waals surface area contributed by atoms with Crippen molar-refractivity contribution in [1.29, 1.82) is 0 Å². The number of ether oxygens (including phenoxy) is 1. The fourth-order valence-electron chi connectivity index (χ4n) is 1.34. The highest BCUT2D eigenvalue weighted by atomic mass is 16.6. The predicted molar refractivity (Wildman–Crippen MR) is 67.4 cm³/mol. The van der Waals surface area contributed by atoms with Gasteiger partial charge in [0.2, 0.25) is 0 Å². The summed E-state index contributed by atoms with van der Waals surface area (Å²) in [7, 11) is 0. The van der Waals surface area contributed by atoms with Gasteiger partial charge in [-0.3, -0.25) is 9.78 Å². The number of nitrogens with one attached hydrogen (secondary N) is 1. The molecule has 5 heteroatoms. The quantitative estimate of drug-likeness (QED) is 0.830. The SMILES string of the molecule is CCNC(=O)c1cnccc1C(=O)OC(C)(C)C. The molecule has 0 fully saturated rings. The van der Waals surface area contributed by atoms with Crippen LogP contribution >= 0.6 is 0 Å². The van der Waals surface area contributed by atoms with E-state index in [4.69, 9.17) is 4.74 Å². The highest BCUT2D eigenvalue weighted by Crippen LogP contribution is 2.14. The molecule has 1 aromatic heterocycles. The Kier molecular flexibility index (Phi) is 4.42. The van der Waals surface area contributed by atoms with E-state index in [-0.39, 0.29) is 17.0 Å². The molecule has 1 aromatic rings. The van der Waals surface area contributed by atoms with Gasteiger partial charge in [0.25, 0.3) is 5.91 Å². The normalized spacial score (nSPS) is 10.9. The van der Waals surface area contributed by atoms with Crippen LogP contribution in [0.5, 0.6) is 0 Å². The first-order valence-electron chi connectivity index (χ1n) is 5.80. The third-order valence-corrected chi connectivity index (χ3v) is 2.02. The summed E-state index contributed by atoms with van der Waals surface area (Å²) < 4.78 is 5.25. The van der Waals surface area contributed by atoms with Gasteiger partial charge in [0.05, 0.1) is 11.1 Å². The summed E-state index contributed by atoms with van der Waals surface area (Å²) in [6.07, 6.45) is 2.83. The van der Waals surface area contributed by atoms with E-state index in [1.54, 1.807) is 27.7 Å². The molecule has 1 amide bonds. The average Bonchev–Trinajstić information content (AvgIpc) is 2.27. The summed E-state index contributed by atoms with van der Waals surface area (Å²) in [6, 6.07) is 1.48. The van der Waals surface area contributed by atoms with Gasteiger partial charge in [0.1, 0.15) is 5.60 Å². The topological polar surface area (TPSA) is 68.3 Å². The number of nitrogens with zero attached hydrogens (tertiary/aromatic N) is 1. The number of hydrogen-bond donors (Lipinski definition) is 1. The molecule has 18 heavy (non-hydrogen) atoms. The molecule has 0 radical (unpaired) electrons. The zero-order valence-corrected chi connectivity index (χ0v) is 11.1. The largest absolute Gasteiger partial charge is 0.456 e. The Morgan fingerprint density at radius 3 is 2.56 bits per heavy atom. The summed E-state index contributed by atoms with van der Waals surface area (Å²) in [4.78, 5) is 27.6. The van der Waals surface area contributed by atoms with Gasteiger partial charge >= 0.3 is 5.97 Å². The number of carbonyl (C=O) groups is 2. The fraction of sp³-hybridized carbons (Fsp3) is 0.462. The first kappa shape index (κ1) is 14.2. The van der Waals surface area contributed by atoms with Gasteiger partial charge in [-0.15, -0.1) is 0 Å². The van der Waals surface area contributed by atoms with E-state index in [2.05, 4.69) is 10.3 Å². The number of amides is 1. The van der Waals surface area contributed by atoms with Crippen molar-refractivity contribution in [3.8, 4) is 0 Å². The monoisotopic (exact) mass is 250 g/mol. The van der Waals surface area contributed by atoms with E-state index in [0.717, 1.165) is 0 Å². The second-order valence-corrected chi connectivity index (χ2v) is 4.78. The van der Waals surface area contributed by atoms with Crippen molar-refractivity contribution in [3.63, 3.8) is 0 Å². The van der Waals surface area contributed by atoms with Crippen LogP contribution in [0.4, 0.5) is 0 Å². The number of pyridine rings is 1. The lowest BCUT2D eigenvalue weighted by Crippen LogP contribution is -2.28. The first-order chi connectivity index (χ1) is 8.35. The van der Waals surface area contributed by atoms with Gasteiger partial charge in [-0.25, -0.2) is 4.79 Å². The molecule has 1 rings (SSSR count). The maximum Gasteiger partial charge on any atom is 0.339 e. The smallest absolute Gasteiger partial charge is 0.339 e. The van der Waals surface area contributed by atoms with Gasteiger partial charge in [0.15, 0.2) is 0 Å². The second-order valence-electron chi connectivity index (χ2n) is 4.78. The van der Waals surface area contributed by atoms with Crippen LogP contribution in [0, 0.1) is 0 Å². The molecule has 0 aromatic carbocycles. The fourth-order valence-corrected chi connectivity index (χ4v) is 1.34. The number of hydrogen-bond acceptors (Lipinski definition) is 4. The Bertz CT molecular complexity index is 450. The second kappa shape index (κ2) is 5.62. The van der Waals surface area contributed by atoms with Crippen molar-refractivity contribution in [2.45, 2.75) is 33.3 Å². The van der Waals surface area contributed by atoms with Gasteiger partial charge < -0.3 is 10.1 Å². The maximum atomic E-state index is 12.0. The first-order valence-corrected chi connectivity index (χ1v) is 5.80. The number of carbonyl (C=O) groups excluding carboxylic acids is 2. The van der Waals surface area contributed by atoms with Crippen LogP contribution in [0.15, 0.2) is 18.5 Å². The van der Waals surface area contributed by atoms with Crippen molar-refractivity contribution in [2.75, 3.05) is 6.54 Å². The predicted octanol–water partition coefficient (Wildman–Crippen LogP) is 1.79. The minimum Gasteiger partial charge on any atom is -0.456 e. The van der Waals surface area contributed by atoms with Crippen molar-refractivity contribution in [2.24, 2.45) is 0 Å². The Labute approximate surface area is 107 Å². The summed E-state index contributed by atoms with van der Waals surface area (Å²) in [5.74, 6) is -0.849. The molecule has 0 aliphatic rings. The lowest BCUT2D eigenvalue weighted by atomic mass is 10.1. The highest BCUT2D eigenvalue weighted by molar-refractivity contribution is 6.05. The molecule has 0 bridgehead atoms. The Morgan fingerprint density at radius 2 is 2.00 bits per heavy atom. The molecule has 1 heterocycles. The molecule has 0 saturated carbocycles. The minimum atomic E-state index is -0.598. The van der Waals surface area contributed by atoms with E-state index >= 15 is 0 Å². The van der Waals surface area contributed by atoms with Gasteiger partial charge in [-0.1, -0.05) is 0 Å². The number of aromatic nitrogens is 1. The molecule has 1 N–H and O–H groups in total. The number of rotatable bonds is 3. The molecular weight excluding hydrogens is 232 g/mol. The van der Waals surface area contributed by atoms with E-state index in [1.165, 1.54) is 18.5 Å². The lowest BCUT2D eigenvalue weighted by Gasteiger charge is -2.20. The Balaban J connectivity index is 3.02. The van der Waals surface area contributed by atoms with Crippen LogP contribution in [-0.4, -0.2) is 29.0 Å². The molecule has 0 aliphatic carbocycles. The zero-order chi connectivity index (χ0) is 13.8. The maximum absolute atomic E-state index is 12.0. The van der Waals surface area contributed by atoms with E-state index in [0.29, 0.717) is 6.54 Å². The third-order valence-electron chi connectivity index (χ3n) is 2.02. The minimum absolute atomic E-state index is 0.228. The van der Waals surface area contributed by atoms with Crippen LogP contribution in [0.25, 0.3) is 0 Å². The van der Waals surface area contributed by atoms with Crippen LogP contribution in [0.3, 0.4) is 0 Å². The van der Waals surface area contributed by atoms with Crippen molar-refractivity contribution < 1.29 is 14.3 Å². The average molecular weight is 250 g/mol. The van der Waals surface area contributed by atoms with Crippen LogP contribution in [0.1, 0.15) is 48.4 Å². The summed E-state index contributed by atoms with van der Waals surface area (Å²) in [5, 5.41) is 2.63. The lowest BCUT2D eigenvalue weighted by molar-refractivity contribution is 0.00674. The van der Waals surface area contributed by atoms with Gasteiger partial charge in [-0.2, -0.15) is 0 Å². The van der Waals surface area contributed by atoms with E-state index in [1.807, 2.05) is 0 Å². The van der Waals surface area contributed by atoms with Gasteiger partial charge in [0, 0.05) is 18.9 Å². The number of esters is 1. The van der Waals surface area contributed by atoms with Crippen molar-refractivity contribution in [3.05, 3.63) is 29.6 Å². The highest BCUT2D eigenvalue weighted by Gasteiger charge is 2.22. The summed E-state index contributed by atoms with van der Waals surface area (Å²) >= 11 is 0. The van der Waals surface area contributed by atoms with Crippen molar-refractivity contribution in [1.82, 2.24) is 10.3 Å². The Hall–Kier alpha value is -1.91. The summed E-state index contributed by atoms with van der Waals surface area (Å²) in [6.45, 7) is 7.62. The van der Waals surface area contributed by atoms with E-state index in [9.17, 15) is 9.59 Å². The molecular formula is C13H18N2O3. The molecule has 0 saturated heterocycles. The Morgan fingerprint density at radius 1 is 1.33 bits per heavy atom. The molecule has 98 valence electrons. The molecule has 5 nitrogen and oxygen atoms in total. The molecule has 0 aliphatic heterocycles. The van der Waals surface area contributed by atoms with Crippen molar-refractivity contribution >= 4 is 11.9 Å². The zero-order valence-electron chi connectivity index (χ0n) is 11.1. The van der Waals surface area contributed by atoms with E-state index < -0.39 is 11.6 Å². The van der Waals surface area contributed by atoms with Crippen LogP contribution < -0.4 is 5.32 Å².